The standard InChI is InChI=1S/C20H21ClN2O2/c21-17-11-9-16(10-12-17)20(25)22-13-3-8-19(24)23-14-4-6-15-5-1-2-7-18(15)23/h1-2,5,7,9-12H,3-4,6,8,13-14H2,(H,22,25). The van der Waals surface area contributed by atoms with Crippen molar-refractivity contribution in [3.8, 4) is 0 Å². The number of para-hydroxylation sites is 1. The van der Waals surface area contributed by atoms with Crippen LogP contribution in [0.2, 0.25) is 5.02 Å². The van der Waals surface area contributed by atoms with Gasteiger partial charge in [0, 0.05) is 35.8 Å². The van der Waals surface area contributed by atoms with Crippen molar-refractivity contribution in [3.63, 3.8) is 0 Å². The minimum absolute atomic E-state index is 0.118. The molecule has 0 bridgehead atoms. The smallest absolute Gasteiger partial charge is 0.251 e. The molecule has 0 saturated carbocycles. The van der Waals surface area contributed by atoms with Crippen LogP contribution in [-0.2, 0) is 11.2 Å². The molecule has 5 heteroatoms. The fraction of sp³-hybridized carbons (Fsp3) is 0.300. The summed E-state index contributed by atoms with van der Waals surface area (Å²) in [5.74, 6) is -0.0275. The molecule has 0 aliphatic carbocycles. The van der Waals surface area contributed by atoms with Crippen LogP contribution in [0.1, 0.15) is 35.2 Å². The van der Waals surface area contributed by atoms with E-state index in [0.717, 1.165) is 25.1 Å². The van der Waals surface area contributed by atoms with Crippen molar-refractivity contribution in [1.29, 1.82) is 0 Å². The van der Waals surface area contributed by atoms with E-state index in [1.807, 2.05) is 23.1 Å². The number of amides is 2. The van der Waals surface area contributed by atoms with E-state index in [1.165, 1.54) is 5.56 Å². The van der Waals surface area contributed by atoms with Gasteiger partial charge < -0.3 is 10.2 Å². The summed E-state index contributed by atoms with van der Waals surface area (Å²) in [5.41, 5.74) is 2.84. The Bertz CT molecular complexity index is 759. The van der Waals surface area contributed by atoms with Gasteiger partial charge in [0.25, 0.3) is 5.91 Å². The summed E-state index contributed by atoms with van der Waals surface area (Å²) in [7, 11) is 0. The Kier molecular flexibility index (Phi) is 5.71. The topological polar surface area (TPSA) is 49.4 Å². The van der Waals surface area contributed by atoms with Crippen LogP contribution in [0.25, 0.3) is 0 Å². The number of anilines is 1. The highest BCUT2D eigenvalue weighted by Gasteiger charge is 2.21. The minimum atomic E-state index is -0.146. The van der Waals surface area contributed by atoms with Gasteiger partial charge in [-0.05, 0) is 55.2 Å². The summed E-state index contributed by atoms with van der Waals surface area (Å²) in [5, 5.41) is 3.44. The molecule has 2 aromatic rings. The number of fused-ring (bicyclic) bond motifs is 1. The van der Waals surface area contributed by atoms with Gasteiger partial charge in [0.2, 0.25) is 5.91 Å². The lowest BCUT2D eigenvalue weighted by Gasteiger charge is -2.29. The number of carbonyl (C=O) groups excluding carboxylic acids is 2. The van der Waals surface area contributed by atoms with Gasteiger partial charge in [-0.2, -0.15) is 0 Å². The zero-order valence-electron chi connectivity index (χ0n) is 14.0. The van der Waals surface area contributed by atoms with Crippen molar-refractivity contribution in [1.82, 2.24) is 5.32 Å². The maximum Gasteiger partial charge on any atom is 0.251 e. The predicted molar refractivity (Wildman–Crippen MR) is 100 cm³/mol. The van der Waals surface area contributed by atoms with Gasteiger partial charge in [0.15, 0.2) is 0 Å². The molecular formula is C20H21ClN2O2. The molecule has 0 saturated heterocycles. The lowest BCUT2D eigenvalue weighted by Crippen LogP contribution is -2.36. The Labute approximate surface area is 152 Å². The van der Waals surface area contributed by atoms with E-state index in [2.05, 4.69) is 11.4 Å². The van der Waals surface area contributed by atoms with Crippen LogP contribution in [-0.4, -0.2) is 24.9 Å². The number of carbonyl (C=O) groups is 2. The summed E-state index contributed by atoms with van der Waals surface area (Å²) >= 11 is 5.81. The van der Waals surface area contributed by atoms with Crippen LogP contribution >= 0.6 is 11.6 Å². The van der Waals surface area contributed by atoms with Crippen molar-refractivity contribution in [2.45, 2.75) is 25.7 Å². The Morgan fingerprint density at radius 3 is 2.64 bits per heavy atom. The molecule has 0 atom stereocenters. The second-order valence-corrected chi connectivity index (χ2v) is 6.58. The molecule has 1 heterocycles. The molecule has 1 N–H and O–H groups in total. The van der Waals surface area contributed by atoms with Gasteiger partial charge in [-0.3, -0.25) is 9.59 Å². The lowest BCUT2D eigenvalue weighted by molar-refractivity contribution is -0.118. The van der Waals surface area contributed by atoms with Crippen molar-refractivity contribution in [2.24, 2.45) is 0 Å². The number of hydrogen-bond donors (Lipinski definition) is 1. The number of rotatable bonds is 5. The van der Waals surface area contributed by atoms with Crippen molar-refractivity contribution in [2.75, 3.05) is 18.0 Å². The van der Waals surface area contributed by atoms with Gasteiger partial charge in [-0.25, -0.2) is 0 Å². The fourth-order valence-corrected chi connectivity index (χ4v) is 3.20. The molecule has 0 aromatic heterocycles. The molecular weight excluding hydrogens is 336 g/mol. The van der Waals surface area contributed by atoms with E-state index in [9.17, 15) is 9.59 Å². The summed E-state index contributed by atoms with van der Waals surface area (Å²) in [6.07, 6.45) is 3.07. The molecule has 2 amide bonds. The maximum atomic E-state index is 12.5. The first kappa shape index (κ1) is 17.5. The van der Waals surface area contributed by atoms with Crippen molar-refractivity contribution >= 4 is 29.1 Å². The van der Waals surface area contributed by atoms with E-state index in [0.29, 0.717) is 30.0 Å². The van der Waals surface area contributed by atoms with Gasteiger partial charge in [-0.15, -0.1) is 0 Å². The first-order valence-electron chi connectivity index (χ1n) is 8.57. The molecule has 0 unspecified atom stereocenters. The van der Waals surface area contributed by atoms with Crippen LogP contribution in [0.4, 0.5) is 5.69 Å². The lowest BCUT2D eigenvalue weighted by atomic mass is 10.0. The molecule has 0 radical (unpaired) electrons. The number of nitrogens with zero attached hydrogens (tertiary/aromatic N) is 1. The molecule has 25 heavy (non-hydrogen) atoms. The normalized spacial score (nSPS) is 13.2. The van der Waals surface area contributed by atoms with E-state index in [4.69, 9.17) is 11.6 Å². The quantitative estimate of drug-likeness (QED) is 0.828. The molecule has 0 fully saturated rings. The van der Waals surface area contributed by atoms with Gasteiger partial charge >= 0.3 is 0 Å². The first-order valence-corrected chi connectivity index (χ1v) is 8.95. The zero-order chi connectivity index (χ0) is 17.6. The third-order valence-electron chi connectivity index (χ3n) is 4.37. The largest absolute Gasteiger partial charge is 0.352 e. The second kappa shape index (κ2) is 8.17. The number of hydrogen-bond acceptors (Lipinski definition) is 2. The van der Waals surface area contributed by atoms with Gasteiger partial charge in [-0.1, -0.05) is 29.8 Å². The predicted octanol–water partition coefficient (Wildman–Crippen LogP) is 3.83. The third kappa shape index (κ3) is 4.40. The Hall–Kier alpha value is -2.33. The minimum Gasteiger partial charge on any atom is -0.352 e. The SMILES string of the molecule is O=C(NCCCC(=O)N1CCCc2ccccc21)c1ccc(Cl)cc1. The van der Waals surface area contributed by atoms with E-state index in [-0.39, 0.29) is 11.8 Å². The van der Waals surface area contributed by atoms with Crippen molar-refractivity contribution < 1.29 is 9.59 Å². The van der Waals surface area contributed by atoms with Gasteiger partial charge in [0.1, 0.15) is 0 Å². The molecule has 1 aliphatic heterocycles. The average Bonchev–Trinajstić information content (AvgIpc) is 2.65. The second-order valence-electron chi connectivity index (χ2n) is 6.14. The monoisotopic (exact) mass is 356 g/mol. The van der Waals surface area contributed by atoms with Crippen LogP contribution in [0, 0.1) is 0 Å². The van der Waals surface area contributed by atoms with Crippen LogP contribution in [0.3, 0.4) is 0 Å². The Balaban J connectivity index is 1.47. The number of aryl methyl sites for hydroxylation is 1. The molecule has 3 rings (SSSR count). The van der Waals surface area contributed by atoms with Gasteiger partial charge in [0.05, 0.1) is 0 Å². The van der Waals surface area contributed by atoms with Crippen LogP contribution in [0.5, 0.6) is 0 Å². The molecule has 2 aromatic carbocycles. The Morgan fingerprint density at radius 2 is 1.84 bits per heavy atom. The van der Waals surface area contributed by atoms with Crippen LogP contribution in [0.15, 0.2) is 48.5 Å². The zero-order valence-corrected chi connectivity index (χ0v) is 14.8. The molecule has 4 nitrogen and oxygen atoms in total. The highest BCUT2D eigenvalue weighted by Crippen LogP contribution is 2.27. The van der Waals surface area contributed by atoms with E-state index < -0.39 is 0 Å². The molecule has 130 valence electrons. The average molecular weight is 357 g/mol. The summed E-state index contributed by atoms with van der Waals surface area (Å²) in [6.45, 7) is 1.25. The number of benzene rings is 2. The molecule has 0 spiro atoms. The highest BCUT2D eigenvalue weighted by atomic mass is 35.5. The Morgan fingerprint density at radius 1 is 1.08 bits per heavy atom. The summed E-state index contributed by atoms with van der Waals surface area (Å²) < 4.78 is 0. The number of halogens is 1. The number of nitrogens with one attached hydrogen (secondary N) is 1. The van der Waals surface area contributed by atoms with E-state index in [1.54, 1.807) is 24.3 Å². The molecule has 1 aliphatic rings. The van der Waals surface area contributed by atoms with Crippen molar-refractivity contribution in [3.05, 3.63) is 64.7 Å². The van der Waals surface area contributed by atoms with E-state index >= 15 is 0 Å². The third-order valence-corrected chi connectivity index (χ3v) is 4.62. The maximum absolute atomic E-state index is 12.5. The van der Waals surface area contributed by atoms with Crippen LogP contribution < -0.4 is 10.2 Å². The fourth-order valence-electron chi connectivity index (χ4n) is 3.07. The highest BCUT2D eigenvalue weighted by molar-refractivity contribution is 6.30. The first-order chi connectivity index (χ1) is 12.1. The summed E-state index contributed by atoms with van der Waals surface area (Å²) in [4.78, 5) is 26.4. The summed E-state index contributed by atoms with van der Waals surface area (Å²) in [6, 6.07) is 14.8.